The number of carbonyl (C=O) groups is 1. The van der Waals surface area contributed by atoms with Crippen LogP contribution in [-0.2, 0) is 37.5 Å². The van der Waals surface area contributed by atoms with Crippen molar-refractivity contribution in [3.63, 3.8) is 0 Å². The molecule has 0 saturated heterocycles. The van der Waals surface area contributed by atoms with Crippen molar-refractivity contribution in [1.29, 1.82) is 0 Å². The number of hydrogen-bond donors (Lipinski definition) is 1. The Morgan fingerprint density at radius 1 is 1.46 bits per heavy atom. The fourth-order valence-corrected chi connectivity index (χ4v) is 0.949. The summed E-state index contributed by atoms with van der Waals surface area (Å²) in [5.74, 6) is -1.29. The quantitative estimate of drug-likeness (QED) is 0.879. The van der Waals surface area contributed by atoms with Gasteiger partial charge in [-0.25, -0.2) is 0 Å². The Kier molecular flexibility index (Phi) is 4.61. The number of carboxylic acid groups (broad SMARTS) is 1. The normalized spacial score (nSPS) is 12.5. The van der Waals surface area contributed by atoms with E-state index in [2.05, 4.69) is 0 Å². The second-order valence-corrected chi connectivity index (χ2v) is 2.80. The summed E-state index contributed by atoms with van der Waals surface area (Å²) in [6.45, 7) is 1.89. The van der Waals surface area contributed by atoms with Crippen molar-refractivity contribution in [1.82, 2.24) is 0 Å². The Bertz CT molecular complexity index is 297. The average Bonchev–Trinajstić information content (AvgIpc) is 2.17. The number of aliphatic carboxylic acids is 1. The molecular weight excluding hydrogens is 241 g/mol. The summed E-state index contributed by atoms with van der Waals surface area (Å²) >= 11 is 0. The Morgan fingerprint density at radius 2 is 2.00 bits per heavy atom. The first kappa shape index (κ1) is 10.9. The van der Waals surface area contributed by atoms with E-state index in [-0.39, 0.29) is 39.6 Å². The van der Waals surface area contributed by atoms with E-state index >= 15 is 0 Å². The Hall–Kier alpha value is -0.206. The van der Waals surface area contributed by atoms with Gasteiger partial charge in [0, 0.05) is 34.1 Å². The number of benzene rings is 1. The molecule has 0 saturated carbocycles. The van der Waals surface area contributed by atoms with Gasteiger partial charge in [0.05, 0.1) is 5.92 Å². The number of carboxylic acids is 1. The van der Waals surface area contributed by atoms with Crippen LogP contribution in [0.25, 0.3) is 0 Å². The van der Waals surface area contributed by atoms with E-state index < -0.39 is 11.9 Å². The van der Waals surface area contributed by atoms with Gasteiger partial charge < -0.3 is 5.11 Å². The maximum atomic E-state index is 10.6. The molecule has 3 heteroatoms. The van der Waals surface area contributed by atoms with E-state index in [1.54, 1.807) is 31.2 Å². The van der Waals surface area contributed by atoms with Crippen molar-refractivity contribution < 1.29 is 44.0 Å². The van der Waals surface area contributed by atoms with E-state index in [4.69, 9.17) is 6.48 Å². The summed E-state index contributed by atoms with van der Waals surface area (Å²) in [6.07, 6.45) is 0. The summed E-state index contributed by atoms with van der Waals surface area (Å²) in [5, 5.41) is 8.72. The molecule has 1 rings (SSSR count). The molecule has 1 atom stereocenters. The Balaban J connectivity index is 0.00000169. The van der Waals surface area contributed by atoms with Crippen molar-refractivity contribution >= 4 is 5.97 Å². The van der Waals surface area contributed by atoms with Gasteiger partial charge in [0.2, 0.25) is 0 Å². The van der Waals surface area contributed by atoms with Gasteiger partial charge in [0.1, 0.15) is 0 Å². The zero-order valence-electron chi connectivity index (χ0n) is 8.53. The molecule has 0 aliphatic rings. The molecule has 0 aromatic heterocycles. The first-order chi connectivity index (χ1) is 6.15. The summed E-state index contributed by atoms with van der Waals surface area (Å²) < 4.78 is 7.09. The van der Waals surface area contributed by atoms with Crippen molar-refractivity contribution in [3.8, 4) is 0 Å². The molecule has 0 spiro atoms. The molecule has 13 heavy (non-hydrogen) atoms. The minimum absolute atomic E-state index is 0. The summed E-state index contributed by atoms with van der Waals surface area (Å²) in [4.78, 5) is 10.6. The third kappa shape index (κ3) is 3.57. The van der Waals surface area contributed by atoms with Crippen LogP contribution in [0.15, 0.2) is 24.3 Å². The van der Waals surface area contributed by atoms with Gasteiger partial charge in [-0.3, -0.25) is 4.79 Å². The van der Waals surface area contributed by atoms with Gasteiger partial charge >= 0.3 is 5.97 Å². The maximum Gasteiger partial charge on any atom is 0.310 e. The van der Waals surface area contributed by atoms with Crippen LogP contribution in [0.3, 0.4) is 0 Å². The SMILES string of the molecule is [3H]Cc1ccc(C(C)C(=O)O)cc1.[Y]. The van der Waals surface area contributed by atoms with Gasteiger partial charge in [-0.2, -0.15) is 0 Å². The molecular formula is C10H12O2Y. The van der Waals surface area contributed by atoms with Gasteiger partial charge in [0.15, 0.2) is 0 Å². The molecule has 0 aliphatic carbocycles. The van der Waals surface area contributed by atoms with Crippen LogP contribution >= 0.6 is 0 Å². The van der Waals surface area contributed by atoms with Gasteiger partial charge in [0.25, 0.3) is 0 Å². The van der Waals surface area contributed by atoms with Gasteiger partial charge in [-0.1, -0.05) is 29.8 Å². The zero-order valence-corrected chi connectivity index (χ0v) is 10.4. The van der Waals surface area contributed by atoms with Crippen molar-refractivity contribution in [3.05, 3.63) is 35.4 Å². The number of rotatable bonds is 2. The molecule has 1 aromatic carbocycles. The third-order valence-corrected chi connectivity index (χ3v) is 1.85. The van der Waals surface area contributed by atoms with Crippen LogP contribution in [0.4, 0.5) is 0 Å². The number of aryl methyl sites for hydroxylation is 1. The molecule has 0 amide bonds. The Morgan fingerprint density at radius 3 is 2.38 bits per heavy atom. The average molecular weight is 255 g/mol. The van der Waals surface area contributed by atoms with Gasteiger partial charge in [-0.05, 0) is 19.4 Å². The van der Waals surface area contributed by atoms with Crippen molar-refractivity contribution in [2.75, 3.05) is 0 Å². The van der Waals surface area contributed by atoms with Crippen LogP contribution in [-0.4, -0.2) is 11.1 Å². The molecule has 0 fully saturated rings. The van der Waals surface area contributed by atoms with E-state index in [9.17, 15) is 4.79 Å². The summed E-state index contributed by atoms with van der Waals surface area (Å²) in [7, 11) is 0. The zero-order chi connectivity index (χ0) is 9.84. The predicted octanol–water partition coefficient (Wildman–Crippen LogP) is 2.18. The van der Waals surface area contributed by atoms with E-state index in [0.717, 1.165) is 11.1 Å². The Labute approximate surface area is 105 Å². The second kappa shape index (κ2) is 5.51. The third-order valence-electron chi connectivity index (χ3n) is 1.85. The largest absolute Gasteiger partial charge is 0.481 e. The fraction of sp³-hybridized carbons (Fsp3) is 0.300. The predicted molar refractivity (Wildman–Crippen MR) is 47.2 cm³/mol. The second-order valence-electron chi connectivity index (χ2n) is 2.80. The van der Waals surface area contributed by atoms with Crippen LogP contribution in [0.1, 0.15) is 25.3 Å². The smallest absolute Gasteiger partial charge is 0.310 e. The standard InChI is InChI=1S/C10H12O2.Y/c1-7-3-5-9(6-4-7)8(2)10(11)12;/h3-6,8H,1-2H3,(H,11,12);/i1T;. The van der Waals surface area contributed by atoms with E-state index in [1.165, 1.54) is 0 Å². The van der Waals surface area contributed by atoms with Gasteiger partial charge in [-0.15, -0.1) is 0 Å². The van der Waals surface area contributed by atoms with Crippen LogP contribution in [0.5, 0.6) is 0 Å². The molecule has 0 heterocycles. The molecule has 0 aliphatic heterocycles. The summed E-state index contributed by atoms with van der Waals surface area (Å²) in [6, 6.07) is 7.12. The molecule has 67 valence electrons. The molecule has 1 unspecified atom stereocenters. The monoisotopic (exact) mass is 255 g/mol. The molecule has 1 aromatic rings. The fourth-order valence-electron chi connectivity index (χ4n) is 0.949. The van der Waals surface area contributed by atoms with Crippen molar-refractivity contribution in [2.45, 2.75) is 19.7 Å². The first-order valence-corrected chi connectivity index (χ1v) is 3.76. The van der Waals surface area contributed by atoms with E-state index in [1.807, 2.05) is 0 Å². The molecule has 1 radical (unpaired) electrons. The molecule has 0 bridgehead atoms. The van der Waals surface area contributed by atoms with Crippen LogP contribution in [0.2, 0.25) is 0 Å². The van der Waals surface area contributed by atoms with Crippen molar-refractivity contribution in [2.24, 2.45) is 0 Å². The topological polar surface area (TPSA) is 37.3 Å². The minimum Gasteiger partial charge on any atom is -0.481 e. The first-order valence-electron chi connectivity index (χ1n) is 4.46. The van der Waals surface area contributed by atoms with E-state index in [0.29, 0.717) is 0 Å². The molecule has 2 nitrogen and oxygen atoms in total. The maximum absolute atomic E-state index is 10.6. The van der Waals surface area contributed by atoms with Crippen LogP contribution in [0, 0.1) is 6.90 Å². The van der Waals surface area contributed by atoms with Crippen LogP contribution < -0.4 is 0 Å². The summed E-state index contributed by atoms with van der Waals surface area (Å²) in [5.41, 5.74) is 1.69. The minimum atomic E-state index is -0.821. The molecule has 1 N–H and O–H groups in total. The number of hydrogen-bond acceptors (Lipinski definition) is 1.